The Morgan fingerprint density at radius 3 is 2.14 bits per heavy atom. The molecule has 0 bridgehead atoms. The van der Waals surface area contributed by atoms with Crippen molar-refractivity contribution in [3.8, 4) is 0 Å². The highest BCUT2D eigenvalue weighted by molar-refractivity contribution is 5.85. The van der Waals surface area contributed by atoms with E-state index < -0.39 is 0 Å². The molecule has 1 aromatic rings. The number of halogens is 2. The van der Waals surface area contributed by atoms with Crippen LogP contribution in [0.4, 0.5) is 4.39 Å². The van der Waals surface area contributed by atoms with Crippen molar-refractivity contribution in [1.82, 2.24) is 0 Å². The van der Waals surface area contributed by atoms with Crippen LogP contribution < -0.4 is 5.73 Å². The number of nitrogens with two attached hydrogens (primary N) is 1. The largest absolute Gasteiger partial charge is 0.324 e. The minimum Gasteiger partial charge on any atom is -0.324 e. The highest BCUT2D eigenvalue weighted by Crippen LogP contribution is 2.18. The first-order chi connectivity index (χ1) is 6.09. The van der Waals surface area contributed by atoms with E-state index in [1.165, 1.54) is 12.1 Å². The lowest BCUT2D eigenvalue weighted by molar-refractivity contribution is 0.509. The summed E-state index contributed by atoms with van der Waals surface area (Å²) in [6.45, 7) is 4.26. The van der Waals surface area contributed by atoms with Gasteiger partial charge in [-0.1, -0.05) is 26.0 Å². The second-order valence-corrected chi connectivity index (χ2v) is 3.79. The Hall–Kier alpha value is -0.600. The van der Waals surface area contributed by atoms with Crippen LogP contribution in [0.25, 0.3) is 0 Å². The van der Waals surface area contributed by atoms with Gasteiger partial charge in [0.05, 0.1) is 0 Å². The van der Waals surface area contributed by atoms with Crippen LogP contribution in [0.2, 0.25) is 0 Å². The Labute approximate surface area is 90.9 Å². The van der Waals surface area contributed by atoms with Crippen LogP contribution in [-0.4, -0.2) is 0 Å². The fourth-order valence-corrected chi connectivity index (χ4v) is 1.35. The molecule has 0 aliphatic heterocycles. The number of hydrogen-bond donors (Lipinski definition) is 1. The molecular weight excluding hydrogens is 201 g/mol. The summed E-state index contributed by atoms with van der Waals surface area (Å²) < 4.78 is 12.6. The zero-order chi connectivity index (χ0) is 9.84. The van der Waals surface area contributed by atoms with Gasteiger partial charge >= 0.3 is 0 Å². The van der Waals surface area contributed by atoms with Gasteiger partial charge in [-0.05, 0) is 30.0 Å². The lowest BCUT2D eigenvalue weighted by Gasteiger charge is -2.13. The third-order valence-corrected chi connectivity index (χ3v) is 2.02. The predicted octanol–water partition coefficient (Wildman–Crippen LogP) is 3.29. The molecule has 3 heteroatoms. The van der Waals surface area contributed by atoms with Crippen LogP contribution in [-0.2, 0) is 0 Å². The van der Waals surface area contributed by atoms with Gasteiger partial charge in [0.25, 0.3) is 0 Å². The fourth-order valence-electron chi connectivity index (χ4n) is 1.35. The van der Waals surface area contributed by atoms with Crippen molar-refractivity contribution < 1.29 is 4.39 Å². The molecule has 0 spiro atoms. The lowest BCUT2D eigenvalue weighted by atomic mass is 9.98. The summed E-state index contributed by atoms with van der Waals surface area (Å²) in [4.78, 5) is 0. The molecule has 0 aliphatic carbocycles. The average Bonchev–Trinajstić information content (AvgIpc) is 2.04. The summed E-state index contributed by atoms with van der Waals surface area (Å²) in [7, 11) is 0. The second-order valence-electron chi connectivity index (χ2n) is 3.79. The highest BCUT2D eigenvalue weighted by atomic mass is 35.5. The zero-order valence-electron chi connectivity index (χ0n) is 8.53. The van der Waals surface area contributed by atoms with Crippen LogP contribution in [0.5, 0.6) is 0 Å². The van der Waals surface area contributed by atoms with Gasteiger partial charge in [-0.2, -0.15) is 0 Å². The van der Waals surface area contributed by atoms with E-state index in [0.717, 1.165) is 12.0 Å². The van der Waals surface area contributed by atoms with E-state index in [2.05, 4.69) is 13.8 Å². The Morgan fingerprint density at radius 2 is 1.71 bits per heavy atom. The van der Waals surface area contributed by atoms with Crippen molar-refractivity contribution in [1.29, 1.82) is 0 Å². The normalized spacial score (nSPS) is 12.4. The standard InChI is InChI=1S/C11H16FN.ClH/c1-8(2)7-11(13)9-3-5-10(12)6-4-9;/h3-6,8,11H,7,13H2,1-2H3;1H. The van der Waals surface area contributed by atoms with Gasteiger partial charge in [-0.25, -0.2) is 4.39 Å². The van der Waals surface area contributed by atoms with Crippen molar-refractivity contribution in [3.05, 3.63) is 35.6 Å². The lowest BCUT2D eigenvalue weighted by Crippen LogP contribution is -2.12. The van der Waals surface area contributed by atoms with Gasteiger partial charge in [0.1, 0.15) is 5.82 Å². The van der Waals surface area contributed by atoms with Gasteiger partial charge in [-0.3, -0.25) is 0 Å². The molecule has 0 amide bonds. The summed E-state index contributed by atoms with van der Waals surface area (Å²) in [6.07, 6.45) is 0.936. The minimum absolute atomic E-state index is 0. The van der Waals surface area contributed by atoms with Crippen molar-refractivity contribution in [2.45, 2.75) is 26.3 Å². The van der Waals surface area contributed by atoms with E-state index in [1.54, 1.807) is 12.1 Å². The number of hydrogen-bond acceptors (Lipinski definition) is 1. The molecule has 1 nitrogen and oxygen atoms in total. The van der Waals surface area contributed by atoms with Gasteiger partial charge in [0, 0.05) is 6.04 Å². The van der Waals surface area contributed by atoms with Crippen LogP contribution in [0.3, 0.4) is 0 Å². The van der Waals surface area contributed by atoms with Gasteiger partial charge < -0.3 is 5.73 Å². The first-order valence-corrected chi connectivity index (χ1v) is 4.60. The predicted molar refractivity (Wildman–Crippen MR) is 60.0 cm³/mol. The maximum atomic E-state index is 12.6. The molecule has 1 unspecified atom stereocenters. The SMILES string of the molecule is CC(C)CC(N)c1ccc(F)cc1.Cl. The summed E-state index contributed by atoms with van der Waals surface area (Å²) >= 11 is 0. The number of benzene rings is 1. The maximum Gasteiger partial charge on any atom is 0.123 e. The zero-order valence-corrected chi connectivity index (χ0v) is 9.35. The topological polar surface area (TPSA) is 26.0 Å². The molecule has 0 fully saturated rings. The van der Waals surface area contributed by atoms with Crippen molar-refractivity contribution in [2.24, 2.45) is 11.7 Å². The van der Waals surface area contributed by atoms with Crippen LogP contribution in [0.15, 0.2) is 24.3 Å². The van der Waals surface area contributed by atoms with Crippen LogP contribution >= 0.6 is 12.4 Å². The quantitative estimate of drug-likeness (QED) is 0.826. The minimum atomic E-state index is -0.208. The fraction of sp³-hybridized carbons (Fsp3) is 0.455. The first-order valence-electron chi connectivity index (χ1n) is 4.60. The average molecular weight is 218 g/mol. The molecule has 0 saturated heterocycles. The molecule has 0 heterocycles. The second kappa shape index (κ2) is 5.99. The van der Waals surface area contributed by atoms with Gasteiger partial charge in [0.2, 0.25) is 0 Å². The molecule has 1 aromatic carbocycles. The highest BCUT2D eigenvalue weighted by Gasteiger charge is 2.07. The molecule has 80 valence electrons. The monoisotopic (exact) mass is 217 g/mol. The molecule has 14 heavy (non-hydrogen) atoms. The Kier molecular flexibility index (Phi) is 5.73. The van der Waals surface area contributed by atoms with E-state index in [0.29, 0.717) is 5.92 Å². The third kappa shape index (κ3) is 4.07. The van der Waals surface area contributed by atoms with Gasteiger partial charge in [-0.15, -0.1) is 12.4 Å². The van der Waals surface area contributed by atoms with Crippen molar-refractivity contribution in [2.75, 3.05) is 0 Å². The molecule has 0 aromatic heterocycles. The van der Waals surface area contributed by atoms with Crippen LogP contribution in [0.1, 0.15) is 31.9 Å². The van der Waals surface area contributed by atoms with E-state index in [-0.39, 0.29) is 24.3 Å². The summed E-state index contributed by atoms with van der Waals surface area (Å²) in [5, 5.41) is 0. The van der Waals surface area contributed by atoms with E-state index in [9.17, 15) is 4.39 Å². The van der Waals surface area contributed by atoms with E-state index in [4.69, 9.17) is 5.73 Å². The molecular formula is C11H17ClFN. The van der Waals surface area contributed by atoms with E-state index in [1.807, 2.05) is 0 Å². The summed E-state index contributed by atoms with van der Waals surface area (Å²) in [5.74, 6) is 0.362. The Morgan fingerprint density at radius 1 is 1.21 bits per heavy atom. The Balaban J connectivity index is 0.00000169. The molecule has 0 aliphatic rings. The molecule has 1 atom stereocenters. The van der Waals surface area contributed by atoms with Crippen LogP contribution in [0, 0.1) is 11.7 Å². The summed E-state index contributed by atoms with van der Waals surface area (Å²) in [6, 6.07) is 6.44. The number of rotatable bonds is 3. The van der Waals surface area contributed by atoms with Crippen molar-refractivity contribution >= 4 is 12.4 Å². The van der Waals surface area contributed by atoms with Crippen molar-refractivity contribution in [3.63, 3.8) is 0 Å². The molecule has 0 saturated carbocycles. The molecule has 0 radical (unpaired) electrons. The van der Waals surface area contributed by atoms with Gasteiger partial charge in [0.15, 0.2) is 0 Å². The molecule has 2 N–H and O–H groups in total. The smallest absolute Gasteiger partial charge is 0.123 e. The van der Waals surface area contributed by atoms with E-state index >= 15 is 0 Å². The maximum absolute atomic E-state index is 12.6. The molecule has 1 rings (SSSR count). The third-order valence-electron chi connectivity index (χ3n) is 2.02. The Bertz CT molecular complexity index is 258. The summed E-state index contributed by atoms with van der Waals surface area (Å²) in [5.41, 5.74) is 6.93. The first kappa shape index (κ1) is 13.4.